The molecule has 2 amide bonds. The minimum atomic E-state index is -2.93. The molecule has 0 aliphatic carbocycles. The van der Waals surface area contributed by atoms with Gasteiger partial charge in [-0.05, 0) is 23.6 Å². The Kier molecular flexibility index (Phi) is 6.23. The summed E-state index contributed by atoms with van der Waals surface area (Å²) in [5.41, 5.74) is 0.331. The van der Waals surface area contributed by atoms with Gasteiger partial charge in [0, 0.05) is 26.2 Å². The van der Waals surface area contributed by atoms with E-state index in [-0.39, 0.29) is 24.1 Å². The van der Waals surface area contributed by atoms with Crippen molar-refractivity contribution in [1.82, 2.24) is 9.80 Å². The molecular weight excluding hydrogens is 376 g/mol. The number of benzene rings is 1. The predicted octanol–water partition coefficient (Wildman–Crippen LogP) is 2.75. The molecule has 0 radical (unpaired) electrons. The lowest BCUT2D eigenvalue weighted by atomic mass is 10.2. The predicted molar refractivity (Wildman–Crippen MR) is 98.4 cm³/mol. The molecule has 3 rings (SSSR count). The van der Waals surface area contributed by atoms with Gasteiger partial charge in [-0.1, -0.05) is 18.2 Å². The third-order valence-electron chi connectivity index (χ3n) is 4.18. The highest BCUT2D eigenvalue weighted by Crippen LogP contribution is 2.25. The highest BCUT2D eigenvalue weighted by atomic mass is 32.1. The number of ether oxygens (including phenoxy) is 1. The van der Waals surface area contributed by atoms with E-state index >= 15 is 0 Å². The summed E-state index contributed by atoms with van der Waals surface area (Å²) >= 11 is 1.40. The minimum Gasteiger partial charge on any atom is -0.433 e. The molecule has 0 unspecified atom stereocenters. The summed E-state index contributed by atoms with van der Waals surface area (Å²) in [6, 6.07) is 9.84. The first-order valence-electron chi connectivity index (χ1n) is 8.43. The average molecular weight is 395 g/mol. The zero-order valence-corrected chi connectivity index (χ0v) is 15.3. The van der Waals surface area contributed by atoms with E-state index in [1.807, 2.05) is 11.4 Å². The molecule has 6 nitrogen and oxygen atoms in total. The van der Waals surface area contributed by atoms with Crippen LogP contribution >= 0.6 is 11.3 Å². The fourth-order valence-electron chi connectivity index (χ4n) is 2.81. The molecule has 9 heteroatoms. The molecule has 1 fully saturated rings. The van der Waals surface area contributed by atoms with Crippen LogP contribution in [0.1, 0.15) is 9.67 Å². The van der Waals surface area contributed by atoms with Crippen LogP contribution in [0.25, 0.3) is 0 Å². The van der Waals surface area contributed by atoms with Crippen LogP contribution in [0.4, 0.5) is 14.5 Å². The first-order valence-corrected chi connectivity index (χ1v) is 9.31. The van der Waals surface area contributed by atoms with Crippen molar-refractivity contribution in [2.24, 2.45) is 0 Å². The second-order valence-electron chi connectivity index (χ2n) is 5.88. The summed E-state index contributed by atoms with van der Waals surface area (Å²) in [6.45, 7) is -1.17. The second-order valence-corrected chi connectivity index (χ2v) is 6.83. The Labute approximate surface area is 159 Å². The largest absolute Gasteiger partial charge is 0.433 e. The van der Waals surface area contributed by atoms with Gasteiger partial charge in [-0.15, -0.1) is 11.3 Å². The van der Waals surface area contributed by atoms with Gasteiger partial charge in [0.05, 0.1) is 17.1 Å². The van der Waals surface area contributed by atoms with Crippen LogP contribution in [0.5, 0.6) is 5.75 Å². The number of para-hydroxylation sites is 2. The molecule has 0 saturated carbocycles. The van der Waals surface area contributed by atoms with Crippen molar-refractivity contribution in [1.29, 1.82) is 0 Å². The Morgan fingerprint density at radius 1 is 1.07 bits per heavy atom. The number of nitrogens with one attached hydrogen (secondary N) is 1. The van der Waals surface area contributed by atoms with Crippen molar-refractivity contribution in [2.45, 2.75) is 6.61 Å². The number of carbonyl (C=O) groups excluding carboxylic acids is 2. The summed E-state index contributed by atoms with van der Waals surface area (Å²) in [5.74, 6) is -0.190. The van der Waals surface area contributed by atoms with Gasteiger partial charge in [0.1, 0.15) is 5.75 Å². The van der Waals surface area contributed by atoms with Gasteiger partial charge in [-0.3, -0.25) is 9.59 Å². The summed E-state index contributed by atoms with van der Waals surface area (Å²) < 4.78 is 29.3. The first-order chi connectivity index (χ1) is 13.0. The summed E-state index contributed by atoms with van der Waals surface area (Å²) in [7, 11) is 0. The molecule has 1 N–H and O–H groups in total. The van der Waals surface area contributed by atoms with Crippen LogP contribution in [0.15, 0.2) is 41.8 Å². The van der Waals surface area contributed by atoms with Crippen molar-refractivity contribution in [3.05, 3.63) is 46.7 Å². The summed E-state index contributed by atoms with van der Waals surface area (Å²) in [4.78, 5) is 28.8. The van der Waals surface area contributed by atoms with E-state index in [0.717, 1.165) is 0 Å². The van der Waals surface area contributed by atoms with Crippen molar-refractivity contribution in [3.63, 3.8) is 0 Å². The number of nitrogens with zero attached hydrogens (tertiary/aromatic N) is 2. The maximum Gasteiger partial charge on any atom is 0.387 e. The van der Waals surface area contributed by atoms with Crippen LogP contribution in [-0.4, -0.2) is 60.9 Å². The molecular formula is C18H19F2N3O3S. The zero-order valence-electron chi connectivity index (χ0n) is 14.4. The van der Waals surface area contributed by atoms with Crippen LogP contribution in [0.3, 0.4) is 0 Å². The van der Waals surface area contributed by atoms with Gasteiger partial charge in [0.2, 0.25) is 5.91 Å². The monoisotopic (exact) mass is 395 g/mol. The number of rotatable bonds is 6. The topological polar surface area (TPSA) is 61.9 Å². The Hall–Kier alpha value is -2.68. The smallest absolute Gasteiger partial charge is 0.387 e. The lowest BCUT2D eigenvalue weighted by molar-refractivity contribution is -0.130. The molecule has 1 aliphatic heterocycles. The van der Waals surface area contributed by atoms with E-state index in [1.165, 1.54) is 17.4 Å². The Balaban J connectivity index is 1.50. The van der Waals surface area contributed by atoms with E-state index in [2.05, 4.69) is 10.1 Å². The molecule has 0 atom stereocenters. The third-order valence-corrected chi connectivity index (χ3v) is 5.04. The van der Waals surface area contributed by atoms with Crippen LogP contribution in [0, 0.1) is 0 Å². The van der Waals surface area contributed by atoms with Crippen LogP contribution in [-0.2, 0) is 4.79 Å². The number of alkyl halides is 2. The summed E-state index contributed by atoms with van der Waals surface area (Å²) in [5, 5.41) is 4.70. The van der Waals surface area contributed by atoms with E-state index in [1.54, 1.807) is 34.1 Å². The van der Waals surface area contributed by atoms with Gasteiger partial charge < -0.3 is 19.9 Å². The molecule has 2 aromatic rings. The number of piperazine rings is 1. The normalized spacial score (nSPS) is 14.3. The fraction of sp³-hybridized carbons (Fsp3) is 0.333. The molecule has 0 spiro atoms. The quantitative estimate of drug-likeness (QED) is 0.817. The van der Waals surface area contributed by atoms with Crippen molar-refractivity contribution in [3.8, 4) is 5.75 Å². The van der Waals surface area contributed by atoms with E-state index < -0.39 is 6.61 Å². The standard InChI is InChI=1S/C18H19F2N3O3S/c19-18(20)26-14-5-2-1-4-13(14)21-12-16(24)22-7-9-23(10-8-22)17(25)15-6-3-11-27-15/h1-6,11,18,21H,7-10,12H2. The Morgan fingerprint density at radius 2 is 1.78 bits per heavy atom. The maximum atomic E-state index is 12.4. The molecule has 144 valence electrons. The highest BCUT2D eigenvalue weighted by Gasteiger charge is 2.25. The molecule has 2 heterocycles. The zero-order chi connectivity index (χ0) is 19.2. The second kappa shape index (κ2) is 8.81. The van der Waals surface area contributed by atoms with E-state index in [0.29, 0.717) is 36.7 Å². The fourth-order valence-corrected chi connectivity index (χ4v) is 3.50. The molecule has 0 bridgehead atoms. The van der Waals surface area contributed by atoms with Gasteiger partial charge in [0.25, 0.3) is 5.91 Å². The molecule has 1 saturated heterocycles. The first kappa shape index (κ1) is 19.1. The third kappa shape index (κ3) is 4.94. The van der Waals surface area contributed by atoms with Gasteiger partial charge in [-0.2, -0.15) is 8.78 Å². The maximum absolute atomic E-state index is 12.4. The summed E-state index contributed by atoms with van der Waals surface area (Å²) in [6.07, 6.45) is 0. The lowest BCUT2D eigenvalue weighted by Crippen LogP contribution is -2.51. The Bertz CT molecular complexity index is 778. The number of amides is 2. The average Bonchev–Trinajstić information content (AvgIpc) is 3.21. The van der Waals surface area contributed by atoms with E-state index in [4.69, 9.17) is 0 Å². The van der Waals surface area contributed by atoms with Crippen molar-refractivity contribution >= 4 is 28.8 Å². The highest BCUT2D eigenvalue weighted by molar-refractivity contribution is 7.12. The van der Waals surface area contributed by atoms with Crippen molar-refractivity contribution < 1.29 is 23.1 Å². The van der Waals surface area contributed by atoms with E-state index in [9.17, 15) is 18.4 Å². The molecule has 1 aromatic heterocycles. The van der Waals surface area contributed by atoms with Gasteiger partial charge in [0.15, 0.2) is 0 Å². The molecule has 1 aromatic carbocycles. The Morgan fingerprint density at radius 3 is 2.44 bits per heavy atom. The van der Waals surface area contributed by atoms with Gasteiger partial charge in [-0.25, -0.2) is 0 Å². The number of thiophene rings is 1. The lowest BCUT2D eigenvalue weighted by Gasteiger charge is -2.34. The minimum absolute atomic E-state index is 0.00772. The molecule has 27 heavy (non-hydrogen) atoms. The van der Waals surface area contributed by atoms with Crippen LogP contribution < -0.4 is 10.1 Å². The molecule has 1 aliphatic rings. The SMILES string of the molecule is O=C(CNc1ccccc1OC(F)F)N1CCN(C(=O)c2cccs2)CC1. The number of anilines is 1. The number of hydrogen-bond donors (Lipinski definition) is 1. The number of hydrogen-bond acceptors (Lipinski definition) is 5. The number of halogens is 2. The number of carbonyl (C=O) groups is 2. The van der Waals surface area contributed by atoms with Crippen LogP contribution in [0.2, 0.25) is 0 Å². The van der Waals surface area contributed by atoms with Gasteiger partial charge >= 0.3 is 6.61 Å². The van der Waals surface area contributed by atoms with Crippen molar-refractivity contribution in [2.75, 3.05) is 38.0 Å².